The predicted molar refractivity (Wildman–Crippen MR) is 64.4 cm³/mol. The molecule has 98 valence electrons. The summed E-state index contributed by atoms with van der Waals surface area (Å²) in [6, 6.07) is 3.70. The zero-order valence-corrected chi connectivity index (χ0v) is 10.4. The van der Waals surface area contributed by atoms with Gasteiger partial charge in [0.05, 0.1) is 12.7 Å². The Morgan fingerprint density at radius 1 is 1.39 bits per heavy atom. The number of carbonyl (C=O) groups is 2. The minimum Gasteiger partial charge on any atom is -0.467 e. The number of rotatable bonds is 3. The van der Waals surface area contributed by atoms with Crippen LogP contribution < -0.4 is 11.1 Å². The summed E-state index contributed by atoms with van der Waals surface area (Å²) < 4.78 is 18.0. The molecule has 0 aliphatic carbocycles. The molecule has 0 unspecified atom stereocenters. The maximum absolute atomic E-state index is 13.5. The van der Waals surface area contributed by atoms with Crippen LogP contribution in [0.15, 0.2) is 18.2 Å². The Balaban J connectivity index is 2.92. The minimum atomic E-state index is -1.24. The average Bonchev–Trinajstić information content (AvgIpc) is 2.26. The topological polar surface area (TPSA) is 81.4 Å². The van der Waals surface area contributed by atoms with E-state index >= 15 is 0 Å². The second kappa shape index (κ2) is 5.03. The van der Waals surface area contributed by atoms with E-state index < -0.39 is 23.2 Å². The second-order valence-electron chi connectivity index (χ2n) is 4.31. The molecule has 0 aliphatic heterocycles. The van der Waals surface area contributed by atoms with E-state index in [1.54, 1.807) is 0 Å². The quantitative estimate of drug-likeness (QED) is 0.625. The summed E-state index contributed by atoms with van der Waals surface area (Å²) in [7, 11) is 1.21. The van der Waals surface area contributed by atoms with Crippen LogP contribution in [0.1, 0.15) is 24.2 Å². The number of methoxy groups -OCH3 is 1. The summed E-state index contributed by atoms with van der Waals surface area (Å²) in [6.45, 7) is 2.93. The molecule has 5 nitrogen and oxygen atoms in total. The Labute approximate surface area is 104 Å². The van der Waals surface area contributed by atoms with E-state index in [0.717, 1.165) is 6.07 Å². The van der Waals surface area contributed by atoms with Gasteiger partial charge in [-0.2, -0.15) is 0 Å². The maximum Gasteiger partial charge on any atom is 0.330 e. The van der Waals surface area contributed by atoms with Crippen molar-refractivity contribution in [1.29, 1.82) is 0 Å². The first-order valence-corrected chi connectivity index (χ1v) is 5.24. The lowest BCUT2D eigenvalue weighted by Crippen LogP contribution is -2.50. The number of hydrogen-bond donors (Lipinski definition) is 2. The van der Waals surface area contributed by atoms with E-state index in [1.807, 2.05) is 0 Å². The number of anilines is 1. The number of carbonyl (C=O) groups excluding carboxylic acids is 2. The fraction of sp³-hybridized carbons (Fsp3) is 0.333. The number of esters is 1. The molecule has 0 atom stereocenters. The standard InChI is InChI=1S/C12H15FN2O3/c1-12(2,11(17)18-3)15-10(16)8-5-4-7(14)6-9(8)13/h4-6H,14H2,1-3H3,(H,15,16). The van der Waals surface area contributed by atoms with Crippen molar-refractivity contribution in [1.82, 2.24) is 5.32 Å². The van der Waals surface area contributed by atoms with Crippen LogP contribution >= 0.6 is 0 Å². The molecule has 0 fully saturated rings. The van der Waals surface area contributed by atoms with Gasteiger partial charge in [0.2, 0.25) is 0 Å². The molecule has 0 spiro atoms. The zero-order valence-electron chi connectivity index (χ0n) is 10.4. The Morgan fingerprint density at radius 2 is 2.00 bits per heavy atom. The molecule has 0 radical (unpaired) electrons. The zero-order chi connectivity index (χ0) is 13.9. The molecule has 0 saturated heterocycles. The van der Waals surface area contributed by atoms with E-state index in [1.165, 1.54) is 33.1 Å². The van der Waals surface area contributed by atoms with Crippen molar-refractivity contribution in [3.8, 4) is 0 Å². The predicted octanol–water partition coefficient (Wildman–Crippen LogP) is 1.09. The van der Waals surface area contributed by atoms with Gasteiger partial charge >= 0.3 is 5.97 Å². The lowest BCUT2D eigenvalue weighted by atomic mass is 10.0. The maximum atomic E-state index is 13.5. The number of ether oxygens (including phenoxy) is 1. The largest absolute Gasteiger partial charge is 0.467 e. The van der Waals surface area contributed by atoms with Crippen LogP contribution in [0, 0.1) is 5.82 Å². The van der Waals surface area contributed by atoms with Crippen LogP contribution in [0.2, 0.25) is 0 Å². The molecule has 0 bridgehead atoms. The Morgan fingerprint density at radius 3 is 2.50 bits per heavy atom. The highest BCUT2D eigenvalue weighted by atomic mass is 19.1. The Kier molecular flexibility index (Phi) is 3.90. The van der Waals surface area contributed by atoms with Gasteiger partial charge < -0.3 is 15.8 Å². The summed E-state index contributed by atoms with van der Waals surface area (Å²) >= 11 is 0. The highest BCUT2D eigenvalue weighted by Crippen LogP contribution is 2.13. The van der Waals surface area contributed by atoms with Crippen molar-refractivity contribution in [2.45, 2.75) is 19.4 Å². The van der Waals surface area contributed by atoms with Crippen molar-refractivity contribution < 1.29 is 18.7 Å². The first kappa shape index (κ1) is 14.0. The fourth-order valence-electron chi connectivity index (χ4n) is 1.37. The van der Waals surface area contributed by atoms with Crippen LogP contribution in [0.5, 0.6) is 0 Å². The van der Waals surface area contributed by atoms with E-state index in [9.17, 15) is 14.0 Å². The summed E-state index contributed by atoms with van der Waals surface area (Å²) in [4.78, 5) is 23.2. The Hall–Kier alpha value is -2.11. The minimum absolute atomic E-state index is 0.179. The van der Waals surface area contributed by atoms with Crippen molar-refractivity contribution in [2.75, 3.05) is 12.8 Å². The van der Waals surface area contributed by atoms with Crippen LogP contribution in [0.25, 0.3) is 0 Å². The van der Waals surface area contributed by atoms with E-state index in [4.69, 9.17) is 5.73 Å². The van der Waals surface area contributed by atoms with E-state index in [2.05, 4.69) is 10.1 Å². The van der Waals surface area contributed by atoms with Gasteiger partial charge in [0, 0.05) is 5.69 Å². The van der Waals surface area contributed by atoms with Gasteiger partial charge in [-0.3, -0.25) is 4.79 Å². The smallest absolute Gasteiger partial charge is 0.330 e. The van der Waals surface area contributed by atoms with Crippen LogP contribution in [0.4, 0.5) is 10.1 Å². The average molecular weight is 254 g/mol. The lowest BCUT2D eigenvalue weighted by Gasteiger charge is -2.23. The van der Waals surface area contributed by atoms with Gasteiger partial charge in [-0.15, -0.1) is 0 Å². The van der Waals surface area contributed by atoms with Crippen LogP contribution in [-0.2, 0) is 9.53 Å². The van der Waals surface area contributed by atoms with Crippen LogP contribution in [0.3, 0.4) is 0 Å². The molecular weight excluding hydrogens is 239 g/mol. The number of benzene rings is 1. The van der Waals surface area contributed by atoms with E-state index in [0.29, 0.717) is 0 Å². The third kappa shape index (κ3) is 2.97. The highest BCUT2D eigenvalue weighted by molar-refractivity contribution is 5.98. The normalized spacial score (nSPS) is 10.9. The molecule has 3 N–H and O–H groups in total. The van der Waals surface area contributed by atoms with Gasteiger partial charge in [-0.05, 0) is 32.0 Å². The molecule has 6 heteroatoms. The van der Waals surface area contributed by atoms with E-state index in [-0.39, 0.29) is 11.3 Å². The van der Waals surface area contributed by atoms with Crippen molar-refractivity contribution in [3.05, 3.63) is 29.6 Å². The number of amides is 1. The fourth-order valence-corrected chi connectivity index (χ4v) is 1.37. The first-order valence-electron chi connectivity index (χ1n) is 5.24. The molecule has 0 aliphatic rings. The molecule has 1 amide bonds. The van der Waals surface area contributed by atoms with Gasteiger partial charge in [0.25, 0.3) is 5.91 Å². The SMILES string of the molecule is COC(=O)C(C)(C)NC(=O)c1ccc(N)cc1F. The molecule has 0 saturated carbocycles. The number of halogens is 1. The summed E-state index contributed by atoms with van der Waals surface area (Å²) in [6.07, 6.45) is 0. The van der Waals surface area contributed by atoms with Crippen molar-refractivity contribution in [2.24, 2.45) is 0 Å². The number of nitrogens with one attached hydrogen (secondary N) is 1. The van der Waals surface area contributed by atoms with Crippen LogP contribution in [-0.4, -0.2) is 24.5 Å². The summed E-state index contributed by atoms with van der Waals surface area (Å²) in [5.41, 5.74) is 4.18. The number of nitrogen functional groups attached to an aromatic ring is 1. The lowest BCUT2D eigenvalue weighted by molar-refractivity contribution is -0.146. The number of hydrogen-bond acceptors (Lipinski definition) is 4. The molecule has 1 aromatic rings. The first-order chi connectivity index (χ1) is 8.27. The second-order valence-corrected chi connectivity index (χ2v) is 4.31. The van der Waals surface area contributed by atoms with Gasteiger partial charge in [-0.25, -0.2) is 9.18 Å². The highest BCUT2D eigenvalue weighted by Gasteiger charge is 2.31. The van der Waals surface area contributed by atoms with Gasteiger partial charge in [0.1, 0.15) is 11.4 Å². The third-order valence-corrected chi connectivity index (χ3v) is 2.36. The van der Waals surface area contributed by atoms with Crippen molar-refractivity contribution >= 4 is 17.6 Å². The molecule has 1 aromatic carbocycles. The molecule has 0 aromatic heterocycles. The Bertz CT molecular complexity index is 486. The number of nitrogens with two attached hydrogens (primary N) is 1. The van der Waals surface area contributed by atoms with Crippen molar-refractivity contribution in [3.63, 3.8) is 0 Å². The molecular formula is C12H15FN2O3. The molecule has 1 rings (SSSR count). The summed E-state index contributed by atoms with van der Waals surface area (Å²) in [5, 5.41) is 2.39. The van der Waals surface area contributed by atoms with Gasteiger partial charge in [-0.1, -0.05) is 0 Å². The molecule has 0 heterocycles. The third-order valence-electron chi connectivity index (χ3n) is 2.36. The van der Waals surface area contributed by atoms with Gasteiger partial charge in [0.15, 0.2) is 0 Å². The molecule has 18 heavy (non-hydrogen) atoms. The monoisotopic (exact) mass is 254 g/mol. The summed E-state index contributed by atoms with van der Waals surface area (Å²) in [5.74, 6) is -2.07.